The number of aryl methyl sites for hydroxylation is 1. The van der Waals surface area contributed by atoms with Gasteiger partial charge in [0.2, 0.25) is 0 Å². The van der Waals surface area contributed by atoms with Gasteiger partial charge in [0.05, 0.1) is 6.20 Å². The molecule has 2 heterocycles. The molecule has 2 aromatic heterocycles. The van der Waals surface area contributed by atoms with Crippen LogP contribution in [0.2, 0.25) is 0 Å². The van der Waals surface area contributed by atoms with E-state index in [9.17, 15) is 4.79 Å². The van der Waals surface area contributed by atoms with Crippen LogP contribution in [0.1, 0.15) is 5.89 Å². The smallest absolute Gasteiger partial charge is 0.346 e. The fourth-order valence-electron chi connectivity index (χ4n) is 0.871. The lowest BCUT2D eigenvalue weighted by molar-refractivity contribution is 0.559. The van der Waals surface area contributed by atoms with Crippen molar-refractivity contribution >= 4 is 11.2 Å². The topological polar surface area (TPSA) is 71.8 Å². The summed E-state index contributed by atoms with van der Waals surface area (Å²) in [5.74, 6) is 0.517. The molecule has 0 saturated heterocycles. The maximum Gasteiger partial charge on any atom is 0.346 e. The number of oxazole rings is 1. The summed E-state index contributed by atoms with van der Waals surface area (Å²) < 4.78 is 5.08. The van der Waals surface area contributed by atoms with E-state index in [2.05, 4.69) is 15.0 Å². The Balaban J connectivity index is 2.92. The molecule has 11 heavy (non-hydrogen) atoms. The van der Waals surface area contributed by atoms with Crippen LogP contribution < -0.4 is 5.69 Å². The zero-order valence-corrected chi connectivity index (χ0v) is 5.79. The number of nitrogens with one attached hydrogen (secondary N) is 1. The average Bonchev–Trinajstić information content (AvgIpc) is 2.27. The van der Waals surface area contributed by atoms with Gasteiger partial charge in [0, 0.05) is 6.92 Å². The van der Waals surface area contributed by atoms with Crippen molar-refractivity contribution in [2.24, 2.45) is 0 Å². The summed E-state index contributed by atoms with van der Waals surface area (Å²) in [5, 5.41) is 0. The highest BCUT2D eigenvalue weighted by Gasteiger charge is 2.01. The monoisotopic (exact) mass is 151 g/mol. The highest BCUT2D eigenvalue weighted by atomic mass is 16.3. The number of H-pyrrole nitrogens is 1. The maximum atomic E-state index is 10.6. The van der Waals surface area contributed by atoms with Gasteiger partial charge in [-0.05, 0) is 0 Å². The third kappa shape index (κ3) is 0.899. The van der Waals surface area contributed by atoms with Crippen LogP contribution in [-0.4, -0.2) is 15.0 Å². The largest absolute Gasteiger partial charge is 0.438 e. The average molecular weight is 151 g/mol. The number of hydrogen-bond acceptors (Lipinski definition) is 4. The Labute approximate surface area is 61.1 Å². The van der Waals surface area contributed by atoms with E-state index in [1.165, 1.54) is 6.20 Å². The van der Waals surface area contributed by atoms with Crippen molar-refractivity contribution in [1.29, 1.82) is 0 Å². The quantitative estimate of drug-likeness (QED) is 0.584. The van der Waals surface area contributed by atoms with Crippen molar-refractivity contribution in [1.82, 2.24) is 15.0 Å². The van der Waals surface area contributed by atoms with Crippen LogP contribution >= 0.6 is 0 Å². The van der Waals surface area contributed by atoms with Crippen molar-refractivity contribution in [3.63, 3.8) is 0 Å². The Morgan fingerprint density at radius 3 is 3.27 bits per heavy atom. The Morgan fingerprint density at radius 1 is 1.64 bits per heavy atom. The van der Waals surface area contributed by atoms with Gasteiger partial charge >= 0.3 is 5.69 Å². The second kappa shape index (κ2) is 1.91. The molecule has 0 aromatic carbocycles. The van der Waals surface area contributed by atoms with E-state index >= 15 is 0 Å². The van der Waals surface area contributed by atoms with Crippen molar-refractivity contribution in [3.8, 4) is 0 Å². The molecule has 0 bridgehead atoms. The zero-order chi connectivity index (χ0) is 7.84. The third-order valence-corrected chi connectivity index (χ3v) is 1.28. The van der Waals surface area contributed by atoms with Gasteiger partial charge in [0.15, 0.2) is 17.1 Å². The summed E-state index contributed by atoms with van der Waals surface area (Å²) in [5.41, 5.74) is 0.537. The molecule has 0 aliphatic carbocycles. The molecule has 0 saturated carbocycles. The molecule has 2 rings (SSSR count). The van der Waals surface area contributed by atoms with E-state index in [-0.39, 0.29) is 0 Å². The summed E-state index contributed by atoms with van der Waals surface area (Å²) in [7, 11) is 0. The fraction of sp³-hybridized carbons (Fsp3) is 0.167. The Kier molecular flexibility index (Phi) is 1.06. The van der Waals surface area contributed by atoms with Crippen molar-refractivity contribution < 1.29 is 4.42 Å². The maximum absolute atomic E-state index is 10.6. The first-order valence-corrected chi connectivity index (χ1v) is 3.08. The van der Waals surface area contributed by atoms with E-state index in [1.54, 1.807) is 6.92 Å². The number of aromatic nitrogens is 3. The van der Waals surface area contributed by atoms with E-state index in [0.717, 1.165) is 0 Å². The fourth-order valence-corrected chi connectivity index (χ4v) is 0.871. The zero-order valence-electron chi connectivity index (χ0n) is 5.79. The molecule has 0 radical (unpaired) electrons. The Hall–Kier alpha value is -1.65. The Morgan fingerprint density at radius 2 is 2.45 bits per heavy atom. The highest BCUT2D eigenvalue weighted by molar-refractivity contribution is 5.65. The molecule has 0 unspecified atom stereocenters. The lowest BCUT2D eigenvalue weighted by Crippen LogP contribution is -2.07. The van der Waals surface area contributed by atoms with E-state index in [1.807, 2.05) is 0 Å². The number of rotatable bonds is 0. The molecule has 5 nitrogen and oxygen atoms in total. The Bertz CT molecular complexity index is 442. The molecule has 2 aromatic rings. The summed E-state index contributed by atoms with van der Waals surface area (Å²) in [6, 6.07) is 0. The van der Waals surface area contributed by atoms with Crippen LogP contribution in [0.25, 0.3) is 11.2 Å². The van der Waals surface area contributed by atoms with Gasteiger partial charge in [-0.1, -0.05) is 0 Å². The van der Waals surface area contributed by atoms with Crippen LogP contribution in [0, 0.1) is 6.92 Å². The van der Waals surface area contributed by atoms with Crippen LogP contribution in [0.4, 0.5) is 0 Å². The van der Waals surface area contributed by atoms with E-state index < -0.39 is 5.69 Å². The molecule has 0 amide bonds. The van der Waals surface area contributed by atoms with Crippen molar-refractivity contribution in [3.05, 3.63) is 22.6 Å². The number of nitrogens with zero attached hydrogens (tertiary/aromatic N) is 2. The van der Waals surface area contributed by atoms with E-state index in [4.69, 9.17) is 4.42 Å². The van der Waals surface area contributed by atoms with Crippen LogP contribution in [0.5, 0.6) is 0 Å². The van der Waals surface area contributed by atoms with Crippen LogP contribution in [0.3, 0.4) is 0 Å². The van der Waals surface area contributed by atoms with Crippen LogP contribution in [-0.2, 0) is 0 Å². The molecule has 0 aliphatic heterocycles. The number of aromatic amines is 1. The molecule has 0 spiro atoms. The first-order valence-electron chi connectivity index (χ1n) is 3.08. The lowest BCUT2D eigenvalue weighted by atomic mass is 10.6. The summed E-state index contributed by atoms with van der Waals surface area (Å²) in [6.45, 7) is 1.71. The highest BCUT2D eigenvalue weighted by Crippen LogP contribution is 2.07. The van der Waals surface area contributed by atoms with E-state index in [0.29, 0.717) is 17.1 Å². The van der Waals surface area contributed by atoms with Gasteiger partial charge in [-0.3, -0.25) is 4.98 Å². The predicted molar refractivity (Wildman–Crippen MR) is 37.2 cm³/mol. The molecule has 5 heteroatoms. The van der Waals surface area contributed by atoms with Crippen LogP contribution in [0.15, 0.2) is 15.4 Å². The first-order chi connectivity index (χ1) is 5.25. The third-order valence-electron chi connectivity index (χ3n) is 1.28. The second-order valence-electron chi connectivity index (χ2n) is 2.13. The molecule has 0 aliphatic rings. The SMILES string of the molecule is Cc1nc2[nH]c(=O)ncc2o1. The molecular weight excluding hydrogens is 146 g/mol. The molecule has 1 N–H and O–H groups in total. The van der Waals surface area contributed by atoms with Gasteiger partial charge in [-0.2, -0.15) is 9.97 Å². The lowest BCUT2D eigenvalue weighted by Gasteiger charge is -1.80. The number of hydrogen-bond donors (Lipinski definition) is 1. The minimum atomic E-state index is -0.411. The summed E-state index contributed by atoms with van der Waals surface area (Å²) in [4.78, 5) is 20.5. The summed E-state index contributed by atoms with van der Waals surface area (Å²) in [6.07, 6.45) is 1.36. The van der Waals surface area contributed by atoms with Gasteiger partial charge in [0.1, 0.15) is 0 Å². The normalized spacial score (nSPS) is 10.6. The van der Waals surface area contributed by atoms with Gasteiger partial charge < -0.3 is 4.42 Å². The molecule has 56 valence electrons. The first kappa shape index (κ1) is 6.09. The molecule has 0 fully saturated rings. The predicted octanol–water partition coefficient (Wildman–Crippen LogP) is 0.220. The minimum Gasteiger partial charge on any atom is -0.438 e. The number of fused-ring (bicyclic) bond motifs is 1. The second-order valence-corrected chi connectivity index (χ2v) is 2.13. The van der Waals surface area contributed by atoms with Gasteiger partial charge in [0.25, 0.3) is 0 Å². The molecular formula is C6H5N3O2. The molecule has 0 atom stereocenters. The summed E-state index contributed by atoms with van der Waals surface area (Å²) >= 11 is 0. The van der Waals surface area contributed by atoms with Gasteiger partial charge in [-0.15, -0.1) is 0 Å². The minimum absolute atomic E-state index is 0.411. The van der Waals surface area contributed by atoms with Gasteiger partial charge in [-0.25, -0.2) is 4.79 Å². The van der Waals surface area contributed by atoms with Crippen molar-refractivity contribution in [2.45, 2.75) is 6.92 Å². The van der Waals surface area contributed by atoms with Crippen molar-refractivity contribution in [2.75, 3.05) is 0 Å². The standard InChI is InChI=1S/C6H5N3O2/c1-3-8-5-4(11-3)2-7-6(10)9-5/h2H,1H3,(H,7,9,10).